The largest absolute Gasteiger partial charge is 0.371 e. The summed E-state index contributed by atoms with van der Waals surface area (Å²) in [7, 11) is 1.67. The van der Waals surface area contributed by atoms with E-state index < -0.39 is 5.60 Å². The molecular weight excluding hydrogens is 214 g/mol. The number of H-pyrrole nitrogens is 1. The molecule has 1 N–H and O–H groups in total. The lowest BCUT2D eigenvalue weighted by Crippen LogP contribution is -2.24. The van der Waals surface area contributed by atoms with Crippen molar-refractivity contribution in [1.29, 1.82) is 5.26 Å². The van der Waals surface area contributed by atoms with E-state index in [-0.39, 0.29) is 0 Å². The molecule has 0 amide bonds. The average molecular weight is 229 g/mol. The number of imidazole rings is 1. The smallest absolute Gasteiger partial charge is 0.139 e. The number of rotatable bonds is 3. The molecule has 1 heterocycles. The number of ether oxygens (including phenoxy) is 1. The summed E-state index contributed by atoms with van der Waals surface area (Å²) in [5, 5.41) is 9.03. The zero-order valence-electron chi connectivity index (χ0n) is 10.2. The van der Waals surface area contributed by atoms with E-state index in [0.717, 1.165) is 17.8 Å². The van der Waals surface area contributed by atoms with Crippen LogP contribution in [0.2, 0.25) is 0 Å². The van der Waals surface area contributed by atoms with Gasteiger partial charge in [-0.25, -0.2) is 4.98 Å². The third-order valence-corrected chi connectivity index (χ3v) is 3.26. The molecule has 0 spiro atoms. The first-order valence-corrected chi connectivity index (χ1v) is 5.59. The third kappa shape index (κ3) is 1.79. The van der Waals surface area contributed by atoms with E-state index >= 15 is 0 Å². The minimum Gasteiger partial charge on any atom is -0.371 e. The summed E-state index contributed by atoms with van der Waals surface area (Å²) in [6, 6.07) is 7.68. The Kier molecular flexibility index (Phi) is 2.86. The van der Waals surface area contributed by atoms with Crippen LogP contribution < -0.4 is 0 Å². The molecule has 2 aromatic rings. The Morgan fingerprint density at radius 3 is 2.88 bits per heavy atom. The van der Waals surface area contributed by atoms with E-state index in [2.05, 4.69) is 16.0 Å². The summed E-state index contributed by atoms with van der Waals surface area (Å²) >= 11 is 0. The second-order valence-corrected chi connectivity index (χ2v) is 4.19. The van der Waals surface area contributed by atoms with Gasteiger partial charge >= 0.3 is 0 Å². The number of fused-ring (bicyclic) bond motifs is 1. The van der Waals surface area contributed by atoms with Gasteiger partial charge in [0.25, 0.3) is 0 Å². The fourth-order valence-corrected chi connectivity index (χ4v) is 1.78. The maximum absolute atomic E-state index is 9.03. The van der Waals surface area contributed by atoms with Crippen molar-refractivity contribution in [3.05, 3.63) is 29.6 Å². The molecular formula is C13H15N3O. The molecule has 1 atom stereocenters. The first-order chi connectivity index (χ1) is 8.14. The van der Waals surface area contributed by atoms with Crippen molar-refractivity contribution in [1.82, 2.24) is 9.97 Å². The Morgan fingerprint density at radius 1 is 1.53 bits per heavy atom. The van der Waals surface area contributed by atoms with Crippen LogP contribution in [0.3, 0.4) is 0 Å². The molecule has 88 valence electrons. The highest BCUT2D eigenvalue weighted by atomic mass is 16.5. The van der Waals surface area contributed by atoms with E-state index in [9.17, 15) is 0 Å². The van der Waals surface area contributed by atoms with Crippen LogP contribution >= 0.6 is 0 Å². The van der Waals surface area contributed by atoms with E-state index in [1.807, 2.05) is 26.0 Å². The van der Waals surface area contributed by atoms with Gasteiger partial charge in [0.2, 0.25) is 0 Å². The van der Waals surface area contributed by atoms with Crippen molar-refractivity contribution in [2.24, 2.45) is 0 Å². The van der Waals surface area contributed by atoms with Gasteiger partial charge in [-0.15, -0.1) is 0 Å². The molecule has 1 aromatic carbocycles. The Labute approximate surface area is 100 Å². The van der Waals surface area contributed by atoms with E-state index in [0.29, 0.717) is 11.1 Å². The van der Waals surface area contributed by atoms with E-state index in [1.54, 1.807) is 13.2 Å². The number of hydrogen-bond acceptors (Lipinski definition) is 3. The average Bonchev–Trinajstić information content (AvgIpc) is 2.81. The van der Waals surface area contributed by atoms with Crippen molar-refractivity contribution in [2.45, 2.75) is 25.9 Å². The number of nitrogens with zero attached hydrogens (tertiary/aromatic N) is 2. The van der Waals surface area contributed by atoms with Crippen LogP contribution in [-0.2, 0) is 10.3 Å². The van der Waals surface area contributed by atoms with Crippen molar-refractivity contribution in [2.75, 3.05) is 7.11 Å². The number of nitriles is 1. The van der Waals surface area contributed by atoms with Gasteiger partial charge in [-0.05, 0) is 25.5 Å². The third-order valence-electron chi connectivity index (χ3n) is 3.26. The van der Waals surface area contributed by atoms with Crippen molar-refractivity contribution >= 4 is 11.0 Å². The zero-order chi connectivity index (χ0) is 12.5. The Hall–Kier alpha value is -1.86. The normalized spacial score (nSPS) is 14.5. The first-order valence-electron chi connectivity index (χ1n) is 5.59. The van der Waals surface area contributed by atoms with Crippen molar-refractivity contribution in [3.8, 4) is 6.07 Å². The van der Waals surface area contributed by atoms with E-state index in [1.165, 1.54) is 0 Å². The number of aromatic nitrogens is 2. The molecule has 0 bridgehead atoms. The molecule has 4 nitrogen and oxygen atoms in total. The fraction of sp³-hybridized carbons (Fsp3) is 0.385. The lowest BCUT2D eigenvalue weighted by Gasteiger charge is -2.23. The molecule has 4 heteroatoms. The van der Waals surface area contributed by atoms with Crippen LogP contribution in [0.5, 0.6) is 0 Å². The Morgan fingerprint density at radius 2 is 2.29 bits per heavy atom. The van der Waals surface area contributed by atoms with Crippen LogP contribution in [0.15, 0.2) is 18.2 Å². The highest BCUT2D eigenvalue weighted by Gasteiger charge is 2.28. The van der Waals surface area contributed by atoms with Crippen LogP contribution in [0.25, 0.3) is 11.0 Å². The Balaban J connectivity index is 2.63. The topological polar surface area (TPSA) is 61.7 Å². The van der Waals surface area contributed by atoms with Gasteiger partial charge in [-0.2, -0.15) is 5.26 Å². The van der Waals surface area contributed by atoms with Crippen molar-refractivity contribution in [3.63, 3.8) is 0 Å². The van der Waals surface area contributed by atoms with Gasteiger partial charge in [0.05, 0.1) is 11.1 Å². The molecule has 2 rings (SSSR count). The summed E-state index contributed by atoms with van der Waals surface area (Å²) in [5.41, 5.74) is 1.73. The monoisotopic (exact) mass is 229 g/mol. The summed E-state index contributed by atoms with van der Waals surface area (Å²) in [6.45, 7) is 4.03. The van der Waals surface area contributed by atoms with Crippen LogP contribution in [-0.4, -0.2) is 17.1 Å². The van der Waals surface area contributed by atoms with Gasteiger partial charge in [-0.1, -0.05) is 13.0 Å². The summed E-state index contributed by atoms with van der Waals surface area (Å²) in [6.07, 6.45) is 0.811. The highest BCUT2D eigenvalue weighted by Crippen LogP contribution is 2.28. The van der Waals surface area contributed by atoms with Gasteiger partial charge in [0.1, 0.15) is 23.0 Å². The molecule has 0 aliphatic rings. The zero-order valence-corrected chi connectivity index (χ0v) is 10.2. The lowest BCUT2D eigenvalue weighted by molar-refractivity contribution is -0.00803. The predicted octanol–water partition coefficient (Wildman–Crippen LogP) is 2.71. The molecule has 1 unspecified atom stereocenters. The van der Waals surface area contributed by atoms with Gasteiger partial charge in [0, 0.05) is 7.11 Å². The maximum Gasteiger partial charge on any atom is 0.139 e. The lowest BCUT2D eigenvalue weighted by atomic mass is 10.0. The molecule has 17 heavy (non-hydrogen) atoms. The number of aromatic amines is 1. The first kappa shape index (κ1) is 11.6. The summed E-state index contributed by atoms with van der Waals surface area (Å²) in [5.74, 6) is 0.764. The maximum atomic E-state index is 9.03. The van der Waals surface area contributed by atoms with Crippen LogP contribution in [0, 0.1) is 11.3 Å². The van der Waals surface area contributed by atoms with Crippen molar-refractivity contribution < 1.29 is 4.74 Å². The fourth-order valence-electron chi connectivity index (χ4n) is 1.78. The number of methoxy groups -OCH3 is 1. The minimum absolute atomic E-state index is 0.439. The van der Waals surface area contributed by atoms with Gasteiger partial charge in [0.15, 0.2) is 0 Å². The number of nitrogens with one attached hydrogen (secondary N) is 1. The number of benzene rings is 1. The summed E-state index contributed by atoms with van der Waals surface area (Å²) in [4.78, 5) is 7.72. The molecule has 0 radical (unpaired) electrons. The van der Waals surface area contributed by atoms with Crippen LogP contribution in [0.4, 0.5) is 0 Å². The molecule has 0 saturated carbocycles. The molecule has 0 aliphatic carbocycles. The second-order valence-electron chi connectivity index (χ2n) is 4.19. The van der Waals surface area contributed by atoms with E-state index in [4.69, 9.17) is 10.00 Å². The van der Waals surface area contributed by atoms with Crippen LogP contribution in [0.1, 0.15) is 31.7 Å². The Bertz CT molecular complexity index is 576. The predicted molar refractivity (Wildman–Crippen MR) is 65.5 cm³/mol. The minimum atomic E-state index is -0.439. The van der Waals surface area contributed by atoms with Gasteiger partial charge in [-0.3, -0.25) is 0 Å². The second kappa shape index (κ2) is 4.19. The standard InChI is InChI=1S/C13H15N3O/c1-4-13(2,17-3)12-15-10-7-5-6-9(8-14)11(10)16-12/h5-7H,4H2,1-3H3,(H,15,16). The van der Waals surface area contributed by atoms with Gasteiger partial charge < -0.3 is 9.72 Å². The molecule has 1 aromatic heterocycles. The number of para-hydroxylation sites is 1. The number of hydrogen-bond donors (Lipinski definition) is 1. The molecule has 0 aliphatic heterocycles. The molecule has 0 saturated heterocycles. The SMILES string of the molecule is CCC(C)(OC)c1nc2c(C#N)cccc2[nH]1. The highest BCUT2D eigenvalue weighted by molar-refractivity contribution is 5.81. The molecule has 0 fully saturated rings. The summed E-state index contributed by atoms with van der Waals surface area (Å²) < 4.78 is 5.50. The quantitative estimate of drug-likeness (QED) is 0.880.